The molecule has 0 saturated carbocycles. The van der Waals surface area contributed by atoms with Crippen molar-refractivity contribution in [2.45, 2.75) is 6.18 Å². The molecular formula is C14H11F3N2. The predicted octanol–water partition coefficient (Wildman–Crippen LogP) is 4.15. The van der Waals surface area contributed by atoms with Crippen LogP contribution in [0.4, 0.5) is 18.9 Å². The first kappa shape index (κ1) is 13.1. The average Bonchev–Trinajstić information content (AvgIpc) is 2.39. The van der Waals surface area contributed by atoms with E-state index in [0.29, 0.717) is 0 Å². The van der Waals surface area contributed by atoms with Crippen molar-refractivity contribution in [1.82, 2.24) is 0 Å². The van der Waals surface area contributed by atoms with E-state index < -0.39 is 11.7 Å². The highest BCUT2D eigenvalue weighted by atomic mass is 19.4. The fourth-order valence-corrected chi connectivity index (χ4v) is 1.54. The van der Waals surface area contributed by atoms with Crippen molar-refractivity contribution >= 4 is 11.9 Å². The smallest absolute Gasteiger partial charge is 0.278 e. The van der Waals surface area contributed by atoms with Crippen molar-refractivity contribution in [3.8, 4) is 0 Å². The highest BCUT2D eigenvalue weighted by Gasteiger charge is 2.33. The van der Waals surface area contributed by atoms with Crippen LogP contribution in [0.15, 0.2) is 59.7 Å². The Bertz CT molecular complexity index is 562. The Balaban J connectivity index is 2.14. The van der Waals surface area contributed by atoms with Crippen molar-refractivity contribution in [2.24, 2.45) is 5.10 Å². The van der Waals surface area contributed by atoms with E-state index in [0.717, 1.165) is 11.6 Å². The third-order valence-corrected chi connectivity index (χ3v) is 2.43. The summed E-state index contributed by atoms with van der Waals surface area (Å²) in [5, 5.41) is 3.81. The number of benzene rings is 2. The maximum absolute atomic E-state index is 12.7. The molecule has 2 rings (SSSR count). The molecule has 0 saturated heterocycles. The summed E-state index contributed by atoms with van der Waals surface area (Å²) in [5.74, 6) is 0. The lowest BCUT2D eigenvalue weighted by atomic mass is 10.2. The van der Waals surface area contributed by atoms with Gasteiger partial charge in [0.1, 0.15) is 0 Å². The van der Waals surface area contributed by atoms with Crippen LogP contribution in [0.25, 0.3) is 0 Å². The number of para-hydroxylation sites is 1. The van der Waals surface area contributed by atoms with Gasteiger partial charge >= 0.3 is 6.18 Å². The second kappa shape index (κ2) is 5.56. The first-order chi connectivity index (χ1) is 9.07. The van der Waals surface area contributed by atoms with E-state index in [9.17, 15) is 13.2 Å². The van der Waals surface area contributed by atoms with Gasteiger partial charge in [0, 0.05) is 0 Å². The molecule has 19 heavy (non-hydrogen) atoms. The van der Waals surface area contributed by atoms with E-state index in [-0.39, 0.29) is 5.69 Å². The van der Waals surface area contributed by atoms with Crippen molar-refractivity contribution in [2.75, 3.05) is 5.43 Å². The van der Waals surface area contributed by atoms with E-state index in [1.54, 1.807) is 12.1 Å². The number of rotatable bonds is 3. The molecule has 0 aliphatic carbocycles. The van der Waals surface area contributed by atoms with Crippen molar-refractivity contribution in [3.05, 3.63) is 65.7 Å². The van der Waals surface area contributed by atoms with Crippen LogP contribution in [0.2, 0.25) is 0 Å². The van der Waals surface area contributed by atoms with Crippen LogP contribution in [0.1, 0.15) is 11.1 Å². The Morgan fingerprint density at radius 1 is 0.895 bits per heavy atom. The average molecular weight is 264 g/mol. The second-order valence-corrected chi connectivity index (χ2v) is 3.82. The van der Waals surface area contributed by atoms with Gasteiger partial charge in [-0.2, -0.15) is 18.3 Å². The Hall–Kier alpha value is -2.30. The van der Waals surface area contributed by atoms with E-state index in [4.69, 9.17) is 0 Å². The summed E-state index contributed by atoms with van der Waals surface area (Å²) in [7, 11) is 0. The Labute approximate surface area is 108 Å². The molecule has 2 aromatic carbocycles. The predicted molar refractivity (Wildman–Crippen MR) is 69.1 cm³/mol. The zero-order chi connectivity index (χ0) is 13.7. The zero-order valence-electron chi connectivity index (χ0n) is 9.85. The first-order valence-electron chi connectivity index (χ1n) is 5.58. The molecule has 98 valence electrons. The van der Waals surface area contributed by atoms with Gasteiger partial charge in [0.05, 0.1) is 17.5 Å². The maximum atomic E-state index is 12.7. The van der Waals surface area contributed by atoms with Gasteiger partial charge in [0.2, 0.25) is 0 Å². The number of alkyl halides is 3. The number of nitrogens with one attached hydrogen (secondary N) is 1. The van der Waals surface area contributed by atoms with Crippen molar-refractivity contribution in [1.29, 1.82) is 0 Å². The van der Waals surface area contributed by atoms with Crippen LogP contribution in [-0.4, -0.2) is 6.21 Å². The van der Waals surface area contributed by atoms with Gasteiger partial charge < -0.3 is 0 Å². The molecule has 0 radical (unpaired) electrons. The standard InChI is InChI=1S/C14H11F3N2/c15-14(16,17)12-8-4-5-9-13(12)19-18-10-11-6-2-1-3-7-11/h1-10,19H/b18-10+. The van der Waals surface area contributed by atoms with Gasteiger partial charge in [-0.3, -0.25) is 5.43 Å². The second-order valence-electron chi connectivity index (χ2n) is 3.82. The van der Waals surface area contributed by atoms with E-state index in [2.05, 4.69) is 10.5 Å². The number of halogens is 3. The molecule has 0 bridgehead atoms. The molecule has 0 aromatic heterocycles. The number of nitrogens with zero attached hydrogens (tertiary/aromatic N) is 1. The summed E-state index contributed by atoms with van der Waals surface area (Å²) in [5.41, 5.74) is 2.42. The van der Waals surface area contributed by atoms with Crippen molar-refractivity contribution in [3.63, 3.8) is 0 Å². The minimum absolute atomic E-state index is 0.0674. The third-order valence-electron chi connectivity index (χ3n) is 2.43. The summed E-state index contributed by atoms with van der Waals surface area (Å²) >= 11 is 0. The summed E-state index contributed by atoms with van der Waals surface area (Å²) in [4.78, 5) is 0. The molecule has 0 aliphatic heterocycles. The molecule has 1 N–H and O–H groups in total. The number of anilines is 1. The van der Waals surface area contributed by atoms with Crippen LogP contribution in [0.5, 0.6) is 0 Å². The maximum Gasteiger partial charge on any atom is 0.418 e. The molecule has 2 nitrogen and oxygen atoms in total. The number of hydrogen-bond acceptors (Lipinski definition) is 2. The molecule has 0 heterocycles. The van der Waals surface area contributed by atoms with Gasteiger partial charge in [-0.25, -0.2) is 0 Å². The Kier molecular flexibility index (Phi) is 3.85. The molecule has 0 spiro atoms. The first-order valence-corrected chi connectivity index (χ1v) is 5.58. The summed E-state index contributed by atoms with van der Waals surface area (Å²) in [6, 6.07) is 14.3. The molecule has 0 unspecified atom stereocenters. The largest absolute Gasteiger partial charge is 0.418 e. The molecule has 0 amide bonds. The monoisotopic (exact) mass is 264 g/mol. The van der Waals surface area contributed by atoms with Crippen LogP contribution < -0.4 is 5.43 Å². The Morgan fingerprint density at radius 3 is 2.21 bits per heavy atom. The number of hydrazone groups is 1. The highest BCUT2D eigenvalue weighted by Crippen LogP contribution is 2.34. The highest BCUT2D eigenvalue weighted by molar-refractivity contribution is 5.80. The summed E-state index contributed by atoms with van der Waals surface area (Å²) in [6.07, 6.45) is -2.93. The minimum atomic E-state index is -4.40. The lowest BCUT2D eigenvalue weighted by Gasteiger charge is -2.11. The van der Waals surface area contributed by atoms with Gasteiger partial charge in [0.15, 0.2) is 0 Å². The molecule has 0 atom stereocenters. The van der Waals surface area contributed by atoms with E-state index in [1.165, 1.54) is 24.4 Å². The van der Waals surface area contributed by atoms with Crippen molar-refractivity contribution < 1.29 is 13.2 Å². The van der Waals surface area contributed by atoms with Crippen LogP contribution in [0.3, 0.4) is 0 Å². The van der Waals surface area contributed by atoms with Crippen LogP contribution in [-0.2, 0) is 6.18 Å². The topological polar surface area (TPSA) is 24.4 Å². The Morgan fingerprint density at radius 2 is 1.53 bits per heavy atom. The normalized spacial score (nSPS) is 11.7. The minimum Gasteiger partial charge on any atom is -0.278 e. The quantitative estimate of drug-likeness (QED) is 0.653. The van der Waals surface area contributed by atoms with E-state index >= 15 is 0 Å². The fraction of sp³-hybridized carbons (Fsp3) is 0.0714. The lowest BCUT2D eigenvalue weighted by Crippen LogP contribution is -2.08. The third kappa shape index (κ3) is 3.58. The zero-order valence-corrected chi connectivity index (χ0v) is 9.85. The molecular weight excluding hydrogens is 253 g/mol. The number of hydrogen-bond donors (Lipinski definition) is 1. The fourth-order valence-electron chi connectivity index (χ4n) is 1.54. The lowest BCUT2D eigenvalue weighted by molar-refractivity contribution is -0.136. The van der Waals surface area contributed by atoms with Crippen LogP contribution >= 0.6 is 0 Å². The van der Waals surface area contributed by atoms with Crippen LogP contribution in [0, 0.1) is 0 Å². The van der Waals surface area contributed by atoms with Gasteiger partial charge in [-0.15, -0.1) is 0 Å². The van der Waals surface area contributed by atoms with Gasteiger partial charge in [-0.1, -0.05) is 42.5 Å². The van der Waals surface area contributed by atoms with Gasteiger partial charge in [-0.05, 0) is 17.7 Å². The molecule has 5 heteroatoms. The SMILES string of the molecule is FC(F)(F)c1ccccc1N/N=C/c1ccccc1. The summed E-state index contributed by atoms with van der Waals surface area (Å²) in [6.45, 7) is 0. The molecule has 0 aliphatic rings. The molecule has 2 aromatic rings. The van der Waals surface area contributed by atoms with Gasteiger partial charge in [0.25, 0.3) is 0 Å². The van der Waals surface area contributed by atoms with E-state index in [1.807, 2.05) is 18.2 Å². The molecule has 0 fully saturated rings. The summed E-state index contributed by atoms with van der Waals surface area (Å²) < 4.78 is 38.1.